The van der Waals surface area contributed by atoms with Gasteiger partial charge in [-0.05, 0) is 118 Å². The van der Waals surface area contributed by atoms with Gasteiger partial charge in [-0.2, -0.15) is 0 Å². The van der Waals surface area contributed by atoms with Crippen molar-refractivity contribution in [3.05, 3.63) is 82.5 Å². The molecule has 2 aromatic carbocycles. The maximum atomic E-state index is 4.70. The zero-order valence-corrected chi connectivity index (χ0v) is 18.7. The fraction of sp³-hybridized carbons (Fsp3) is 0.370. The Morgan fingerprint density at radius 3 is 2.37 bits per heavy atom. The van der Waals surface area contributed by atoms with E-state index in [2.05, 4.69) is 86.4 Å². The van der Waals surface area contributed by atoms with E-state index < -0.39 is 0 Å². The van der Waals surface area contributed by atoms with Crippen LogP contribution in [-0.2, 0) is 6.54 Å². The van der Waals surface area contributed by atoms with Crippen molar-refractivity contribution in [1.82, 2.24) is 10.3 Å². The highest BCUT2D eigenvalue weighted by molar-refractivity contribution is 5.63. The summed E-state index contributed by atoms with van der Waals surface area (Å²) in [6.07, 6.45) is 4.33. The molecule has 0 saturated carbocycles. The third kappa shape index (κ3) is 4.57. The molecular formula is C27H33N3. The molecule has 1 aliphatic heterocycles. The molecule has 1 aromatic heterocycles. The van der Waals surface area contributed by atoms with Gasteiger partial charge in [-0.15, -0.1) is 0 Å². The minimum Gasteiger partial charge on any atom is -0.364 e. The summed E-state index contributed by atoms with van der Waals surface area (Å²) in [5.41, 5.74) is 10.2. The van der Waals surface area contributed by atoms with Gasteiger partial charge < -0.3 is 10.2 Å². The standard InChI is InChI=1S/C27H33N3/c1-19-6-5-7-26(14-19)30(25-9-11-28-12-10-25)18-23-8-13-29-27(17-23)24-15-20(2)22(4)21(3)16-24/h5-8,13-17,25,28H,9-12,18H2,1-4H3. The molecule has 0 aliphatic carbocycles. The Kier molecular flexibility index (Phi) is 6.19. The first-order chi connectivity index (χ1) is 14.5. The van der Waals surface area contributed by atoms with Crippen LogP contribution in [0.3, 0.4) is 0 Å². The monoisotopic (exact) mass is 399 g/mol. The third-order valence-corrected chi connectivity index (χ3v) is 6.48. The van der Waals surface area contributed by atoms with E-state index in [9.17, 15) is 0 Å². The van der Waals surface area contributed by atoms with E-state index in [1.54, 1.807) is 0 Å². The van der Waals surface area contributed by atoms with Crippen molar-refractivity contribution in [3.63, 3.8) is 0 Å². The van der Waals surface area contributed by atoms with Crippen molar-refractivity contribution in [2.45, 2.75) is 53.1 Å². The van der Waals surface area contributed by atoms with Gasteiger partial charge in [0.05, 0.1) is 5.69 Å². The summed E-state index contributed by atoms with van der Waals surface area (Å²) >= 11 is 0. The Hall–Kier alpha value is -2.65. The van der Waals surface area contributed by atoms with Crippen molar-refractivity contribution in [2.75, 3.05) is 18.0 Å². The molecule has 1 N–H and O–H groups in total. The van der Waals surface area contributed by atoms with Crippen LogP contribution < -0.4 is 10.2 Å². The number of pyridine rings is 1. The van der Waals surface area contributed by atoms with Gasteiger partial charge in [-0.25, -0.2) is 0 Å². The van der Waals surface area contributed by atoms with E-state index in [0.29, 0.717) is 6.04 Å². The van der Waals surface area contributed by atoms with Gasteiger partial charge in [0.15, 0.2) is 0 Å². The molecular weight excluding hydrogens is 366 g/mol. The van der Waals surface area contributed by atoms with Gasteiger partial charge in [-0.3, -0.25) is 4.98 Å². The van der Waals surface area contributed by atoms with Gasteiger partial charge in [0, 0.05) is 30.0 Å². The van der Waals surface area contributed by atoms with E-state index in [1.807, 2.05) is 6.20 Å². The van der Waals surface area contributed by atoms with E-state index in [-0.39, 0.29) is 0 Å². The number of nitrogens with one attached hydrogen (secondary N) is 1. The lowest BCUT2D eigenvalue weighted by atomic mass is 9.98. The van der Waals surface area contributed by atoms with E-state index in [0.717, 1.165) is 25.3 Å². The van der Waals surface area contributed by atoms with E-state index >= 15 is 0 Å². The van der Waals surface area contributed by atoms with Gasteiger partial charge >= 0.3 is 0 Å². The number of nitrogens with zero attached hydrogens (tertiary/aromatic N) is 2. The predicted molar refractivity (Wildman–Crippen MR) is 127 cm³/mol. The lowest BCUT2D eigenvalue weighted by Crippen LogP contribution is -2.43. The Labute approximate surface area is 181 Å². The first kappa shape index (κ1) is 20.6. The largest absolute Gasteiger partial charge is 0.364 e. The minimum absolute atomic E-state index is 0.563. The highest BCUT2D eigenvalue weighted by atomic mass is 15.2. The summed E-state index contributed by atoms with van der Waals surface area (Å²) in [5.74, 6) is 0. The fourth-order valence-corrected chi connectivity index (χ4v) is 4.47. The molecule has 3 nitrogen and oxygen atoms in total. The highest BCUT2D eigenvalue weighted by Gasteiger charge is 2.22. The first-order valence-electron chi connectivity index (χ1n) is 11.1. The number of rotatable bonds is 5. The zero-order valence-electron chi connectivity index (χ0n) is 18.7. The van der Waals surface area contributed by atoms with E-state index in [4.69, 9.17) is 4.98 Å². The topological polar surface area (TPSA) is 28.2 Å². The van der Waals surface area contributed by atoms with Crippen LogP contribution in [-0.4, -0.2) is 24.1 Å². The second kappa shape index (κ2) is 9.01. The Morgan fingerprint density at radius 2 is 1.67 bits per heavy atom. The number of hydrogen-bond acceptors (Lipinski definition) is 3. The normalized spacial score (nSPS) is 14.7. The number of hydrogen-bond donors (Lipinski definition) is 1. The molecule has 0 spiro atoms. The van der Waals surface area contributed by atoms with Gasteiger partial charge in [0.1, 0.15) is 0 Å². The third-order valence-electron chi connectivity index (χ3n) is 6.48. The zero-order chi connectivity index (χ0) is 21.1. The predicted octanol–water partition coefficient (Wildman–Crippen LogP) is 5.74. The Bertz CT molecular complexity index is 995. The number of aromatic nitrogens is 1. The molecule has 3 aromatic rings. The molecule has 0 radical (unpaired) electrons. The molecule has 0 unspecified atom stereocenters. The van der Waals surface area contributed by atoms with Crippen LogP contribution in [0.5, 0.6) is 0 Å². The van der Waals surface area contributed by atoms with Gasteiger partial charge in [-0.1, -0.05) is 12.1 Å². The summed E-state index contributed by atoms with van der Waals surface area (Å²) in [6, 6.07) is 18.5. The van der Waals surface area contributed by atoms with Crippen LogP contribution in [0.2, 0.25) is 0 Å². The van der Waals surface area contributed by atoms with Crippen LogP contribution in [0.4, 0.5) is 5.69 Å². The number of piperidine rings is 1. The highest BCUT2D eigenvalue weighted by Crippen LogP contribution is 2.28. The SMILES string of the molecule is Cc1cccc(N(Cc2ccnc(-c3cc(C)c(C)c(C)c3)c2)C2CCNCC2)c1. The summed E-state index contributed by atoms with van der Waals surface area (Å²) in [6.45, 7) is 11.8. The smallest absolute Gasteiger partial charge is 0.0705 e. The molecule has 1 fully saturated rings. The van der Waals surface area contributed by atoms with Crippen molar-refractivity contribution >= 4 is 5.69 Å². The fourth-order valence-electron chi connectivity index (χ4n) is 4.47. The number of aryl methyl sites for hydroxylation is 3. The first-order valence-corrected chi connectivity index (χ1v) is 11.1. The van der Waals surface area contributed by atoms with Crippen LogP contribution in [0, 0.1) is 27.7 Å². The quantitative estimate of drug-likeness (QED) is 0.593. The lowest BCUT2D eigenvalue weighted by Gasteiger charge is -2.37. The summed E-state index contributed by atoms with van der Waals surface area (Å²) < 4.78 is 0. The minimum atomic E-state index is 0.563. The lowest BCUT2D eigenvalue weighted by molar-refractivity contribution is 0.428. The molecule has 2 heterocycles. The second-order valence-electron chi connectivity index (χ2n) is 8.73. The molecule has 1 aliphatic rings. The number of benzene rings is 2. The summed E-state index contributed by atoms with van der Waals surface area (Å²) in [7, 11) is 0. The molecule has 3 heteroatoms. The van der Waals surface area contributed by atoms with Crippen molar-refractivity contribution in [3.8, 4) is 11.3 Å². The summed E-state index contributed by atoms with van der Waals surface area (Å²) in [5, 5.41) is 3.51. The molecule has 156 valence electrons. The van der Waals surface area contributed by atoms with Crippen molar-refractivity contribution in [1.29, 1.82) is 0 Å². The van der Waals surface area contributed by atoms with Crippen molar-refractivity contribution < 1.29 is 0 Å². The molecule has 0 bridgehead atoms. The Balaban J connectivity index is 1.66. The van der Waals surface area contributed by atoms with Gasteiger partial charge in [0.25, 0.3) is 0 Å². The van der Waals surface area contributed by atoms with Gasteiger partial charge in [0.2, 0.25) is 0 Å². The number of anilines is 1. The van der Waals surface area contributed by atoms with Crippen LogP contribution >= 0.6 is 0 Å². The molecule has 0 atom stereocenters. The van der Waals surface area contributed by atoms with E-state index in [1.165, 1.54) is 51.9 Å². The summed E-state index contributed by atoms with van der Waals surface area (Å²) in [4.78, 5) is 7.30. The maximum absolute atomic E-state index is 4.70. The Morgan fingerprint density at radius 1 is 0.933 bits per heavy atom. The molecule has 1 saturated heterocycles. The molecule has 30 heavy (non-hydrogen) atoms. The average Bonchev–Trinajstić information content (AvgIpc) is 2.76. The van der Waals surface area contributed by atoms with Crippen LogP contribution in [0.1, 0.15) is 40.7 Å². The maximum Gasteiger partial charge on any atom is 0.0705 e. The van der Waals surface area contributed by atoms with Crippen molar-refractivity contribution in [2.24, 2.45) is 0 Å². The molecule has 0 amide bonds. The second-order valence-corrected chi connectivity index (χ2v) is 8.73. The average molecular weight is 400 g/mol. The van der Waals surface area contributed by atoms with Crippen LogP contribution in [0.25, 0.3) is 11.3 Å². The van der Waals surface area contributed by atoms with Crippen LogP contribution in [0.15, 0.2) is 54.7 Å². The molecule has 4 rings (SSSR count).